The molecule has 0 heterocycles. The number of nitrogens with one attached hydrogen (secondary N) is 1. The number of carbonyl (C=O) groups excluding carboxylic acids is 1. The molecule has 3 rings (SSSR count). The summed E-state index contributed by atoms with van der Waals surface area (Å²) in [5, 5.41) is 2.98. The lowest BCUT2D eigenvalue weighted by Crippen LogP contribution is -2.37. The summed E-state index contributed by atoms with van der Waals surface area (Å²) in [7, 11) is 0. The van der Waals surface area contributed by atoms with Gasteiger partial charge in [0.2, 0.25) is 0 Å². The molecule has 0 bridgehead atoms. The maximum absolute atomic E-state index is 12.9. The van der Waals surface area contributed by atoms with Gasteiger partial charge in [-0.05, 0) is 36.8 Å². The first-order valence-electron chi connectivity index (χ1n) is 8.01. The Morgan fingerprint density at radius 1 is 0.792 bits per heavy atom. The minimum atomic E-state index is -0.149. The fraction of sp³-hybridized carbons (Fsp3) is 0.0952. The van der Waals surface area contributed by atoms with Gasteiger partial charge in [0, 0.05) is 11.4 Å². The summed E-state index contributed by atoms with van der Waals surface area (Å²) in [6, 6.07) is 29.0. The molecule has 1 atom stereocenters. The number of benzene rings is 3. The van der Waals surface area contributed by atoms with Gasteiger partial charge in [0.15, 0.2) is 0 Å². The fourth-order valence-corrected chi connectivity index (χ4v) is 2.69. The molecular formula is C21H20N2O. The van der Waals surface area contributed by atoms with Crippen molar-refractivity contribution in [3.63, 3.8) is 0 Å². The predicted molar refractivity (Wildman–Crippen MR) is 99.2 cm³/mol. The van der Waals surface area contributed by atoms with Crippen LogP contribution in [0, 0.1) is 0 Å². The number of hydrogen-bond donors (Lipinski definition) is 1. The first-order chi connectivity index (χ1) is 11.8. The quantitative estimate of drug-likeness (QED) is 0.678. The highest BCUT2D eigenvalue weighted by Crippen LogP contribution is 2.27. The van der Waals surface area contributed by atoms with Crippen molar-refractivity contribution in [3.8, 4) is 0 Å². The zero-order chi connectivity index (χ0) is 16.8. The molecule has 24 heavy (non-hydrogen) atoms. The Morgan fingerprint density at radius 2 is 1.29 bits per heavy atom. The van der Waals surface area contributed by atoms with Gasteiger partial charge in [0.25, 0.3) is 0 Å². The van der Waals surface area contributed by atoms with E-state index in [-0.39, 0.29) is 12.1 Å². The van der Waals surface area contributed by atoms with Gasteiger partial charge in [0.1, 0.15) is 0 Å². The molecule has 1 N–H and O–H groups in total. The Kier molecular flexibility index (Phi) is 4.92. The monoisotopic (exact) mass is 316 g/mol. The van der Waals surface area contributed by atoms with Crippen LogP contribution in [-0.2, 0) is 0 Å². The molecule has 3 aromatic rings. The molecule has 0 saturated carbocycles. The van der Waals surface area contributed by atoms with Crippen molar-refractivity contribution in [3.05, 3.63) is 96.6 Å². The van der Waals surface area contributed by atoms with Gasteiger partial charge in [-0.25, -0.2) is 4.79 Å². The largest absolute Gasteiger partial charge is 0.326 e. The maximum atomic E-state index is 12.9. The van der Waals surface area contributed by atoms with E-state index in [4.69, 9.17) is 0 Å². The SMILES string of the molecule is CC(c1ccccc1)N(C(=O)Nc1ccccc1)c1ccccc1. The summed E-state index contributed by atoms with van der Waals surface area (Å²) in [5.41, 5.74) is 2.73. The molecule has 0 fully saturated rings. The van der Waals surface area contributed by atoms with Crippen LogP contribution >= 0.6 is 0 Å². The molecule has 0 radical (unpaired) electrons. The van der Waals surface area contributed by atoms with E-state index in [0.29, 0.717) is 0 Å². The highest BCUT2D eigenvalue weighted by molar-refractivity contribution is 6.02. The van der Waals surface area contributed by atoms with E-state index in [0.717, 1.165) is 16.9 Å². The smallest absolute Gasteiger partial charge is 0.308 e. The van der Waals surface area contributed by atoms with Gasteiger partial charge in [-0.2, -0.15) is 0 Å². The van der Waals surface area contributed by atoms with E-state index in [1.807, 2.05) is 97.9 Å². The third-order valence-corrected chi connectivity index (χ3v) is 3.95. The third kappa shape index (κ3) is 3.63. The third-order valence-electron chi connectivity index (χ3n) is 3.95. The molecule has 3 heteroatoms. The summed E-state index contributed by atoms with van der Waals surface area (Å²) < 4.78 is 0. The van der Waals surface area contributed by atoms with Crippen molar-refractivity contribution in [2.24, 2.45) is 0 Å². The molecule has 3 aromatic carbocycles. The average molecular weight is 316 g/mol. The topological polar surface area (TPSA) is 32.3 Å². The van der Waals surface area contributed by atoms with E-state index < -0.39 is 0 Å². The summed E-state index contributed by atoms with van der Waals surface area (Å²) in [4.78, 5) is 14.7. The second-order valence-electron chi connectivity index (χ2n) is 5.59. The van der Waals surface area contributed by atoms with Crippen molar-refractivity contribution in [1.29, 1.82) is 0 Å². The van der Waals surface area contributed by atoms with Gasteiger partial charge in [-0.15, -0.1) is 0 Å². The molecule has 0 aliphatic rings. The van der Waals surface area contributed by atoms with Crippen molar-refractivity contribution >= 4 is 17.4 Å². The van der Waals surface area contributed by atoms with Crippen molar-refractivity contribution in [1.82, 2.24) is 0 Å². The highest BCUT2D eigenvalue weighted by Gasteiger charge is 2.23. The number of nitrogens with zero attached hydrogens (tertiary/aromatic N) is 1. The van der Waals surface area contributed by atoms with Gasteiger partial charge in [0.05, 0.1) is 6.04 Å². The normalized spacial score (nSPS) is 11.5. The Hall–Kier alpha value is -3.07. The summed E-state index contributed by atoms with van der Waals surface area (Å²) in [5.74, 6) is 0. The predicted octanol–water partition coefficient (Wildman–Crippen LogP) is 5.49. The van der Waals surface area contributed by atoms with Crippen LogP contribution < -0.4 is 10.2 Å². The van der Waals surface area contributed by atoms with E-state index >= 15 is 0 Å². The number of urea groups is 1. The minimum Gasteiger partial charge on any atom is -0.308 e. The maximum Gasteiger partial charge on any atom is 0.326 e. The average Bonchev–Trinajstić information content (AvgIpc) is 2.64. The standard InChI is InChI=1S/C21H20N2O/c1-17(18-11-5-2-6-12-18)23(20-15-9-4-10-16-20)21(24)22-19-13-7-3-8-14-19/h2-17H,1H3,(H,22,24). The number of amides is 2. The zero-order valence-corrected chi connectivity index (χ0v) is 13.6. The molecule has 0 spiro atoms. The van der Waals surface area contributed by atoms with Crippen LogP contribution in [-0.4, -0.2) is 6.03 Å². The molecule has 2 amide bonds. The van der Waals surface area contributed by atoms with Crippen molar-refractivity contribution in [2.75, 3.05) is 10.2 Å². The molecular weight excluding hydrogens is 296 g/mol. The summed E-state index contributed by atoms with van der Waals surface area (Å²) >= 11 is 0. The van der Waals surface area contributed by atoms with Crippen LogP contribution in [0.2, 0.25) is 0 Å². The zero-order valence-electron chi connectivity index (χ0n) is 13.6. The Morgan fingerprint density at radius 3 is 1.88 bits per heavy atom. The lowest BCUT2D eigenvalue weighted by Gasteiger charge is -2.30. The van der Waals surface area contributed by atoms with Crippen LogP contribution in [0.15, 0.2) is 91.0 Å². The number of para-hydroxylation sites is 2. The van der Waals surface area contributed by atoms with Crippen molar-refractivity contribution in [2.45, 2.75) is 13.0 Å². The molecule has 1 unspecified atom stereocenters. The molecule has 0 aromatic heterocycles. The van der Waals surface area contributed by atoms with Crippen LogP contribution in [0.25, 0.3) is 0 Å². The molecule has 120 valence electrons. The van der Waals surface area contributed by atoms with E-state index in [1.54, 1.807) is 4.90 Å². The lowest BCUT2D eigenvalue weighted by molar-refractivity contribution is 0.255. The highest BCUT2D eigenvalue weighted by atomic mass is 16.2. The van der Waals surface area contributed by atoms with Crippen LogP contribution in [0.4, 0.5) is 16.2 Å². The Bertz CT molecular complexity index is 773. The van der Waals surface area contributed by atoms with E-state index in [1.165, 1.54) is 0 Å². The summed E-state index contributed by atoms with van der Waals surface area (Å²) in [6.45, 7) is 2.03. The Balaban J connectivity index is 1.92. The number of rotatable bonds is 4. The molecule has 0 aliphatic carbocycles. The molecule has 3 nitrogen and oxygen atoms in total. The van der Waals surface area contributed by atoms with Gasteiger partial charge >= 0.3 is 6.03 Å². The van der Waals surface area contributed by atoms with Crippen molar-refractivity contribution < 1.29 is 4.79 Å². The number of anilines is 2. The van der Waals surface area contributed by atoms with E-state index in [2.05, 4.69) is 5.32 Å². The Labute approximate surface area is 142 Å². The number of hydrogen-bond acceptors (Lipinski definition) is 1. The second kappa shape index (κ2) is 7.47. The van der Waals surface area contributed by atoms with Crippen LogP contribution in [0.1, 0.15) is 18.5 Å². The lowest BCUT2D eigenvalue weighted by atomic mass is 10.1. The van der Waals surface area contributed by atoms with E-state index in [9.17, 15) is 4.79 Å². The first-order valence-corrected chi connectivity index (χ1v) is 8.01. The van der Waals surface area contributed by atoms with Gasteiger partial charge in [-0.3, -0.25) is 4.90 Å². The second-order valence-corrected chi connectivity index (χ2v) is 5.59. The number of carbonyl (C=O) groups is 1. The fourth-order valence-electron chi connectivity index (χ4n) is 2.69. The van der Waals surface area contributed by atoms with Crippen LogP contribution in [0.5, 0.6) is 0 Å². The molecule has 0 saturated heterocycles. The van der Waals surface area contributed by atoms with Gasteiger partial charge < -0.3 is 5.32 Å². The first kappa shape index (κ1) is 15.8. The summed E-state index contributed by atoms with van der Waals surface area (Å²) in [6.07, 6.45) is 0. The van der Waals surface area contributed by atoms with Gasteiger partial charge in [-0.1, -0.05) is 66.7 Å². The van der Waals surface area contributed by atoms with Crippen LogP contribution in [0.3, 0.4) is 0 Å². The minimum absolute atomic E-state index is 0.0858. The molecule has 0 aliphatic heterocycles.